The largest absolute Gasteiger partial charge is 0.508 e. The van der Waals surface area contributed by atoms with Crippen molar-refractivity contribution in [2.24, 2.45) is 0 Å². The van der Waals surface area contributed by atoms with Gasteiger partial charge in [-0.05, 0) is 29.8 Å². The summed E-state index contributed by atoms with van der Waals surface area (Å²) in [6, 6.07) is 15.5. The van der Waals surface area contributed by atoms with Crippen LogP contribution in [0.25, 0.3) is 0 Å². The number of carbonyl (C=O) groups is 1. The van der Waals surface area contributed by atoms with Crippen LogP contribution in [0.1, 0.15) is 15.9 Å². The predicted octanol–water partition coefficient (Wildman–Crippen LogP) is 2.75. The van der Waals surface area contributed by atoms with Crippen LogP contribution in [0.15, 0.2) is 54.6 Å². The van der Waals surface area contributed by atoms with Gasteiger partial charge >= 0.3 is 5.97 Å². The molecule has 0 heterocycles. The van der Waals surface area contributed by atoms with Gasteiger partial charge in [-0.25, -0.2) is 4.79 Å². The molecule has 0 spiro atoms. The van der Waals surface area contributed by atoms with Gasteiger partial charge in [0, 0.05) is 19.5 Å². The number of ether oxygens (including phenoxy) is 1. The first-order valence-corrected chi connectivity index (χ1v) is 5.26. The first-order chi connectivity index (χ1) is 8.25. The number of esters is 1. The van der Waals surface area contributed by atoms with Gasteiger partial charge in [-0.3, -0.25) is 0 Å². The molecule has 4 heteroatoms. The fraction of sp³-hybridized carbons (Fsp3) is 0.0714. The van der Waals surface area contributed by atoms with Crippen molar-refractivity contribution in [2.75, 3.05) is 0 Å². The fourth-order valence-electron chi connectivity index (χ4n) is 1.40. The van der Waals surface area contributed by atoms with E-state index in [1.807, 2.05) is 30.3 Å². The minimum Gasteiger partial charge on any atom is -0.508 e. The first-order valence-electron chi connectivity index (χ1n) is 5.26. The number of phenolic OH excluding ortho intramolecular Hbond substituents is 1. The number of phenols is 1. The zero-order valence-corrected chi connectivity index (χ0v) is 12.8. The summed E-state index contributed by atoms with van der Waals surface area (Å²) in [4.78, 5) is 11.6. The van der Waals surface area contributed by atoms with Gasteiger partial charge in [-0.15, -0.1) is 0 Å². The van der Waals surface area contributed by atoms with E-state index in [-0.39, 0.29) is 31.8 Å². The van der Waals surface area contributed by atoms with E-state index in [0.29, 0.717) is 5.56 Å². The monoisotopic (exact) mass is 292 g/mol. The zero-order chi connectivity index (χ0) is 12.1. The van der Waals surface area contributed by atoms with E-state index in [9.17, 15) is 4.79 Å². The van der Waals surface area contributed by atoms with Crippen LogP contribution < -0.4 is 0 Å². The Morgan fingerprint density at radius 1 is 1.00 bits per heavy atom. The van der Waals surface area contributed by atoms with Gasteiger partial charge in [0.1, 0.15) is 12.4 Å². The Balaban J connectivity index is 0.00000162. The van der Waals surface area contributed by atoms with Crippen molar-refractivity contribution < 1.29 is 34.1 Å². The van der Waals surface area contributed by atoms with E-state index >= 15 is 0 Å². The maximum absolute atomic E-state index is 11.6. The van der Waals surface area contributed by atoms with Gasteiger partial charge < -0.3 is 9.84 Å². The molecular weight excluding hydrogens is 282 g/mol. The number of carbonyl (C=O) groups excluding carboxylic acids is 1. The summed E-state index contributed by atoms with van der Waals surface area (Å²) in [6.45, 7) is 0.251. The number of aromatic hydroxyl groups is 1. The van der Waals surface area contributed by atoms with Crippen LogP contribution in [0, 0.1) is 0 Å². The van der Waals surface area contributed by atoms with Crippen molar-refractivity contribution in [1.82, 2.24) is 0 Å². The molecule has 0 amide bonds. The van der Waals surface area contributed by atoms with Crippen LogP contribution in [-0.4, -0.2) is 11.1 Å². The summed E-state index contributed by atoms with van der Waals surface area (Å²) in [5.74, 6) is -0.265. The third-order valence-corrected chi connectivity index (χ3v) is 2.32. The topological polar surface area (TPSA) is 46.5 Å². The van der Waals surface area contributed by atoms with Crippen LogP contribution in [0.5, 0.6) is 5.75 Å². The molecular formula is C14H12O3Zn. The summed E-state index contributed by atoms with van der Waals surface area (Å²) < 4.78 is 5.13. The fourth-order valence-corrected chi connectivity index (χ4v) is 1.40. The van der Waals surface area contributed by atoms with E-state index in [1.54, 1.807) is 0 Å². The summed E-state index contributed by atoms with van der Waals surface area (Å²) in [5.41, 5.74) is 1.37. The zero-order valence-electron chi connectivity index (χ0n) is 9.87. The average molecular weight is 294 g/mol. The van der Waals surface area contributed by atoms with E-state index < -0.39 is 5.97 Å². The second-order valence-electron chi connectivity index (χ2n) is 3.61. The number of hydrogen-bond donors (Lipinski definition) is 1. The number of benzene rings is 2. The number of hydrogen-bond acceptors (Lipinski definition) is 3. The molecule has 1 N–H and O–H groups in total. The SMILES string of the molecule is O=C(OCc1ccccc1)c1ccc(O)cc1.[Zn]. The van der Waals surface area contributed by atoms with Crippen molar-refractivity contribution in [3.05, 3.63) is 65.7 Å². The number of rotatable bonds is 3. The Hall–Kier alpha value is -1.67. The third-order valence-electron chi connectivity index (χ3n) is 2.32. The average Bonchev–Trinajstić information content (AvgIpc) is 2.38. The van der Waals surface area contributed by atoms with Crippen molar-refractivity contribution in [3.8, 4) is 5.75 Å². The molecule has 2 rings (SSSR count). The Morgan fingerprint density at radius 3 is 2.22 bits per heavy atom. The molecule has 0 atom stereocenters. The molecule has 88 valence electrons. The maximum atomic E-state index is 11.6. The van der Waals surface area contributed by atoms with E-state index in [2.05, 4.69) is 0 Å². The molecule has 3 nitrogen and oxygen atoms in total. The maximum Gasteiger partial charge on any atom is 0.338 e. The van der Waals surface area contributed by atoms with Gasteiger partial charge in [0.15, 0.2) is 0 Å². The molecule has 2 aromatic carbocycles. The first kappa shape index (κ1) is 14.4. The molecule has 0 bridgehead atoms. The van der Waals surface area contributed by atoms with Crippen LogP contribution >= 0.6 is 0 Å². The Morgan fingerprint density at radius 2 is 1.61 bits per heavy atom. The standard InChI is InChI=1S/C14H12O3.Zn/c15-13-8-6-12(7-9-13)14(16)17-10-11-4-2-1-3-5-11;/h1-9,15H,10H2;. The van der Waals surface area contributed by atoms with Crippen molar-refractivity contribution >= 4 is 5.97 Å². The Labute approximate surface area is 118 Å². The summed E-state index contributed by atoms with van der Waals surface area (Å²) in [7, 11) is 0. The van der Waals surface area contributed by atoms with Crippen LogP contribution in [0.3, 0.4) is 0 Å². The minimum atomic E-state index is -0.395. The normalized spacial score (nSPS) is 9.33. The molecule has 0 radical (unpaired) electrons. The van der Waals surface area contributed by atoms with E-state index in [4.69, 9.17) is 9.84 Å². The van der Waals surface area contributed by atoms with Gasteiger partial charge in [-0.1, -0.05) is 30.3 Å². The minimum absolute atomic E-state index is 0. The summed E-state index contributed by atoms with van der Waals surface area (Å²) in [5, 5.41) is 9.09. The molecule has 18 heavy (non-hydrogen) atoms. The van der Waals surface area contributed by atoms with Crippen LogP contribution in [-0.2, 0) is 30.8 Å². The second-order valence-corrected chi connectivity index (χ2v) is 3.61. The van der Waals surface area contributed by atoms with E-state index in [0.717, 1.165) is 5.56 Å². The molecule has 0 aliphatic heterocycles. The van der Waals surface area contributed by atoms with Gasteiger partial charge in [0.05, 0.1) is 5.56 Å². The smallest absolute Gasteiger partial charge is 0.338 e. The van der Waals surface area contributed by atoms with Gasteiger partial charge in [-0.2, -0.15) is 0 Å². The molecule has 0 fully saturated rings. The van der Waals surface area contributed by atoms with Crippen LogP contribution in [0.2, 0.25) is 0 Å². The molecule has 0 aliphatic rings. The van der Waals surface area contributed by atoms with Crippen molar-refractivity contribution in [2.45, 2.75) is 6.61 Å². The molecule has 0 saturated carbocycles. The predicted molar refractivity (Wildman–Crippen MR) is 63.7 cm³/mol. The molecule has 2 aromatic rings. The van der Waals surface area contributed by atoms with Crippen molar-refractivity contribution in [3.63, 3.8) is 0 Å². The van der Waals surface area contributed by atoms with Gasteiger partial charge in [0.25, 0.3) is 0 Å². The molecule has 0 saturated heterocycles. The second kappa shape index (κ2) is 6.92. The van der Waals surface area contributed by atoms with Crippen molar-refractivity contribution in [1.29, 1.82) is 0 Å². The van der Waals surface area contributed by atoms with E-state index in [1.165, 1.54) is 24.3 Å². The molecule has 0 aliphatic carbocycles. The summed E-state index contributed by atoms with van der Waals surface area (Å²) in [6.07, 6.45) is 0. The third kappa shape index (κ3) is 3.97. The molecule has 0 unspecified atom stereocenters. The van der Waals surface area contributed by atoms with Crippen LogP contribution in [0.4, 0.5) is 0 Å². The summed E-state index contributed by atoms with van der Waals surface area (Å²) >= 11 is 0. The Kier molecular flexibility index (Phi) is 5.54. The van der Waals surface area contributed by atoms with Gasteiger partial charge in [0.2, 0.25) is 0 Å². The molecule has 0 aromatic heterocycles. The quantitative estimate of drug-likeness (QED) is 0.699. The Bertz CT molecular complexity index is 494.